The molecule has 0 aromatic heterocycles. The number of rotatable bonds is 0. The van der Waals surface area contributed by atoms with Gasteiger partial charge in [0.25, 0.3) is 0 Å². The first kappa shape index (κ1) is 6.66. The second kappa shape index (κ2) is 2.54. The van der Waals surface area contributed by atoms with E-state index in [4.69, 9.17) is 0 Å². The van der Waals surface area contributed by atoms with Gasteiger partial charge in [-0.3, -0.25) is 0 Å². The summed E-state index contributed by atoms with van der Waals surface area (Å²) in [5, 5.41) is 3.66. The molecule has 0 bridgehead atoms. The van der Waals surface area contributed by atoms with Crippen molar-refractivity contribution in [3.8, 4) is 0 Å². The van der Waals surface area contributed by atoms with Crippen molar-refractivity contribution in [3.63, 3.8) is 0 Å². The van der Waals surface area contributed by atoms with Gasteiger partial charge in [0, 0.05) is 12.1 Å². The molecule has 1 saturated carbocycles. The Kier molecular flexibility index (Phi) is 1.69. The van der Waals surface area contributed by atoms with Crippen LogP contribution < -0.4 is 5.32 Å². The molecule has 1 heterocycles. The minimum absolute atomic E-state index is 0.799. The van der Waals surface area contributed by atoms with Crippen molar-refractivity contribution in [2.45, 2.75) is 51.1 Å². The smallest absolute Gasteiger partial charge is 0.00983 e. The highest BCUT2D eigenvalue weighted by Crippen LogP contribution is 2.32. The first-order valence-corrected chi connectivity index (χ1v) is 4.62. The maximum Gasteiger partial charge on any atom is 0.00983 e. The Labute approximate surface area is 63.2 Å². The number of hydrogen-bond acceptors (Lipinski definition) is 1. The summed E-state index contributed by atoms with van der Waals surface area (Å²) < 4.78 is 0. The lowest BCUT2D eigenvalue weighted by Gasteiger charge is -2.24. The molecule has 3 atom stereocenters. The summed E-state index contributed by atoms with van der Waals surface area (Å²) in [5.74, 6) is 1.03. The average molecular weight is 139 g/mol. The van der Waals surface area contributed by atoms with Crippen molar-refractivity contribution < 1.29 is 0 Å². The van der Waals surface area contributed by atoms with Crippen molar-refractivity contribution in [2.75, 3.05) is 0 Å². The normalized spacial score (nSPS) is 47.1. The van der Waals surface area contributed by atoms with Crippen LogP contribution in [0.15, 0.2) is 0 Å². The van der Waals surface area contributed by atoms with Crippen molar-refractivity contribution in [3.05, 3.63) is 0 Å². The summed E-state index contributed by atoms with van der Waals surface area (Å²) >= 11 is 0. The first-order chi connectivity index (χ1) is 4.86. The van der Waals surface area contributed by atoms with E-state index in [0.717, 1.165) is 18.0 Å². The molecule has 1 N–H and O–H groups in total. The molecule has 2 aliphatic rings. The largest absolute Gasteiger partial charge is 0.311 e. The van der Waals surface area contributed by atoms with E-state index in [1.54, 1.807) is 0 Å². The summed E-state index contributed by atoms with van der Waals surface area (Å²) in [6.45, 7) is 2.32. The molecule has 2 unspecified atom stereocenters. The monoisotopic (exact) mass is 139 g/mol. The molecule has 1 nitrogen and oxygen atoms in total. The van der Waals surface area contributed by atoms with E-state index in [2.05, 4.69) is 12.2 Å². The maximum atomic E-state index is 3.66. The molecule has 0 aromatic rings. The molecular weight excluding hydrogens is 122 g/mol. The van der Waals surface area contributed by atoms with Crippen LogP contribution in [0.4, 0.5) is 0 Å². The molecule has 1 aliphatic heterocycles. The van der Waals surface area contributed by atoms with Crippen LogP contribution in [0.2, 0.25) is 0 Å². The molecule has 1 aliphatic carbocycles. The Morgan fingerprint density at radius 3 is 2.80 bits per heavy atom. The van der Waals surface area contributed by atoms with E-state index in [1.165, 1.54) is 32.1 Å². The lowest BCUT2D eigenvalue weighted by atomic mass is 9.85. The van der Waals surface area contributed by atoms with Crippen LogP contribution in [0.5, 0.6) is 0 Å². The molecule has 0 aromatic carbocycles. The van der Waals surface area contributed by atoms with Crippen LogP contribution in [0.1, 0.15) is 39.0 Å². The summed E-state index contributed by atoms with van der Waals surface area (Å²) in [6, 6.07) is 1.69. The SMILES string of the molecule is CC1CC2CCCC[C@@H]2N1. The van der Waals surface area contributed by atoms with Crippen LogP contribution in [0.25, 0.3) is 0 Å². The minimum atomic E-state index is 0.799. The summed E-state index contributed by atoms with van der Waals surface area (Å²) in [7, 11) is 0. The molecular formula is C9H17N. The van der Waals surface area contributed by atoms with Gasteiger partial charge >= 0.3 is 0 Å². The molecule has 10 heavy (non-hydrogen) atoms. The van der Waals surface area contributed by atoms with Crippen LogP contribution in [0, 0.1) is 5.92 Å². The van der Waals surface area contributed by atoms with Gasteiger partial charge in [0.2, 0.25) is 0 Å². The van der Waals surface area contributed by atoms with Crippen LogP contribution in [0.3, 0.4) is 0 Å². The van der Waals surface area contributed by atoms with Gasteiger partial charge < -0.3 is 5.32 Å². The zero-order valence-corrected chi connectivity index (χ0v) is 6.77. The second-order valence-corrected chi connectivity index (χ2v) is 3.95. The number of hydrogen-bond donors (Lipinski definition) is 1. The summed E-state index contributed by atoms with van der Waals surface area (Å²) in [4.78, 5) is 0. The predicted octanol–water partition coefficient (Wildman–Crippen LogP) is 1.93. The van der Waals surface area contributed by atoms with Crippen LogP contribution in [-0.2, 0) is 0 Å². The number of nitrogens with one attached hydrogen (secondary N) is 1. The molecule has 1 saturated heterocycles. The van der Waals surface area contributed by atoms with E-state index in [-0.39, 0.29) is 0 Å². The molecule has 0 amide bonds. The third-order valence-electron chi connectivity index (χ3n) is 3.06. The first-order valence-electron chi connectivity index (χ1n) is 4.62. The zero-order chi connectivity index (χ0) is 6.97. The van der Waals surface area contributed by atoms with E-state index >= 15 is 0 Å². The van der Waals surface area contributed by atoms with Crippen molar-refractivity contribution in [2.24, 2.45) is 5.92 Å². The van der Waals surface area contributed by atoms with E-state index in [0.29, 0.717) is 0 Å². The van der Waals surface area contributed by atoms with Crippen LogP contribution >= 0.6 is 0 Å². The van der Waals surface area contributed by atoms with Crippen molar-refractivity contribution in [1.82, 2.24) is 5.32 Å². The fourth-order valence-electron chi connectivity index (χ4n) is 2.60. The van der Waals surface area contributed by atoms with Crippen molar-refractivity contribution in [1.29, 1.82) is 0 Å². The van der Waals surface area contributed by atoms with Gasteiger partial charge in [0.15, 0.2) is 0 Å². The Hall–Kier alpha value is -0.0400. The topological polar surface area (TPSA) is 12.0 Å². The molecule has 58 valence electrons. The van der Waals surface area contributed by atoms with Gasteiger partial charge in [-0.2, -0.15) is 0 Å². The molecule has 0 spiro atoms. The minimum Gasteiger partial charge on any atom is -0.311 e. The molecule has 2 rings (SSSR count). The van der Waals surface area contributed by atoms with Gasteiger partial charge in [-0.15, -0.1) is 0 Å². The van der Waals surface area contributed by atoms with Crippen molar-refractivity contribution >= 4 is 0 Å². The maximum absolute atomic E-state index is 3.66. The molecule has 0 radical (unpaired) electrons. The lowest BCUT2D eigenvalue weighted by Crippen LogP contribution is -2.31. The number of fused-ring (bicyclic) bond motifs is 1. The Balaban J connectivity index is 1.97. The van der Waals surface area contributed by atoms with E-state index in [9.17, 15) is 0 Å². The summed E-state index contributed by atoms with van der Waals surface area (Å²) in [6.07, 6.45) is 7.30. The zero-order valence-electron chi connectivity index (χ0n) is 6.77. The summed E-state index contributed by atoms with van der Waals surface area (Å²) in [5.41, 5.74) is 0. The third-order valence-corrected chi connectivity index (χ3v) is 3.06. The average Bonchev–Trinajstić information content (AvgIpc) is 2.27. The van der Waals surface area contributed by atoms with Gasteiger partial charge in [-0.1, -0.05) is 12.8 Å². The lowest BCUT2D eigenvalue weighted by molar-refractivity contribution is 0.325. The quantitative estimate of drug-likeness (QED) is 0.540. The highest BCUT2D eigenvalue weighted by atomic mass is 15.0. The Morgan fingerprint density at radius 1 is 1.20 bits per heavy atom. The molecule has 2 fully saturated rings. The fourth-order valence-corrected chi connectivity index (χ4v) is 2.60. The van der Waals surface area contributed by atoms with Gasteiger partial charge in [-0.25, -0.2) is 0 Å². The van der Waals surface area contributed by atoms with Gasteiger partial charge in [0.05, 0.1) is 0 Å². The Morgan fingerprint density at radius 2 is 2.00 bits per heavy atom. The fraction of sp³-hybridized carbons (Fsp3) is 1.00. The predicted molar refractivity (Wildman–Crippen MR) is 43.0 cm³/mol. The van der Waals surface area contributed by atoms with Gasteiger partial charge in [-0.05, 0) is 32.1 Å². The highest BCUT2D eigenvalue weighted by molar-refractivity contribution is 4.90. The third kappa shape index (κ3) is 1.07. The van der Waals surface area contributed by atoms with Crippen LogP contribution in [-0.4, -0.2) is 12.1 Å². The standard InChI is InChI=1S/C9H17N/c1-7-6-8-4-2-3-5-9(8)10-7/h7-10H,2-6H2,1H3/t7?,8?,9-/m0/s1. The highest BCUT2D eigenvalue weighted by Gasteiger charge is 2.32. The van der Waals surface area contributed by atoms with Gasteiger partial charge in [0.1, 0.15) is 0 Å². The second-order valence-electron chi connectivity index (χ2n) is 3.95. The van der Waals surface area contributed by atoms with E-state index in [1.807, 2.05) is 0 Å². The Bertz CT molecular complexity index is 108. The van der Waals surface area contributed by atoms with E-state index < -0.39 is 0 Å². The molecule has 1 heteroatoms.